The number of hydrogen-bond donors (Lipinski definition) is 1. The van der Waals surface area contributed by atoms with Crippen molar-refractivity contribution in [1.29, 1.82) is 0 Å². The lowest BCUT2D eigenvalue weighted by molar-refractivity contribution is 0.0736. The molecule has 8 heteroatoms. The number of aromatic amines is 1. The summed E-state index contributed by atoms with van der Waals surface area (Å²) in [5, 5.41) is 6.53. The minimum Gasteiger partial charge on any atom is -0.337 e. The number of rotatable bonds is 6. The predicted molar refractivity (Wildman–Crippen MR) is 82.1 cm³/mol. The van der Waals surface area contributed by atoms with E-state index in [0.717, 1.165) is 0 Å². The summed E-state index contributed by atoms with van der Waals surface area (Å²) >= 11 is 0. The molecule has 0 saturated heterocycles. The van der Waals surface area contributed by atoms with Gasteiger partial charge in [0.1, 0.15) is 4.90 Å². The quantitative estimate of drug-likeness (QED) is 0.810. The molecule has 0 fully saturated rings. The maximum absolute atomic E-state index is 12.5. The van der Waals surface area contributed by atoms with Gasteiger partial charge in [-0.3, -0.25) is 9.89 Å². The van der Waals surface area contributed by atoms with Crippen LogP contribution in [0.1, 0.15) is 56.7 Å². The smallest absolute Gasteiger partial charge is 0.275 e. The van der Waals surface area contributed by atoms with Crippen LogP contribution in [0.25, 0.3) is 0 Å². The van der Waals surface area contributed by atoms with Crippen LogP contribution in [-0.2, 0) is 9.05 Å². The summed E-state index contributed by atoms with van der Waals surface area (Å²) < 4.78 is 23.6. The first-order valence-electron chi connectivity index (χ1n) is 6.91. The van der Waals surface area contributed by atoms with E-state index in [-0.39, 0.29) is 22.4 Å². The van der Waals surface area contributed by atoms with Gasteiger partial charge >= 0.3 is 0 Å². The van der Waals surface area contributed by atoms with Crippen LogP contribution in [0.4, 0.5) is 0 Å². The number of carbonyl (C=O) groups is 1. The summed E-state index contributed by atoms with van der Waals surface area (Å²) in [5.41, 5.74) is 0.227. The van der Waals surface area contributed by atoms with Gasteiger partial charge in [-0.1, -0.05) is 27.7 Å². The molecule has 0 aliphatic heterocycles. The molecule has 1 rings (SSSR count). The third kappa shape index (κ3) is 4.20. The molecule has 1 N–H and O–H groups in total. The minimum atomic E-state index is -4.05. The Morgan fingerprint density at radius 3 is 2.29 bits per heavy atom. The van der Waals surface area contributed by atoms with Gasteiger partial charge in [0, 0.05) is 23.8 Å². The molecular weight excluding hydrogens is 314 g/mol. The maximum Gasteiger partial charge on any atom is 0.275 e. The van der Waals surface area contributed by atoms with E-state index in [1.165, 1.54) is 0 Å². The zero-order valence-corrected chi connectivity index (χ0v) is 14.5. The van der Waals surface area contributed by atoms with Crippen molar-refractivity contribution in [2.24, 2.45) is 5.92 Å². The average Bonchev–Trinajstić information content (AvgIpc) is 2.79. The number of hydrogen-bond acceptors (Lipinski definition) is 4. The maximum atomic E-state index is 12.5. The number of aromatic nitrogens is 2. The third-order valence-corrected chi connectivity index (χ3v) is 4.39. The first-order valence-corrected chi connectivity index (χ1v) is 9.22. The lowest BCUT2D eigenvalue weighted by Crippen LogP contribution is -2.34. The van der Waals surface area contributed by atoms with Crippen molar-refractivity contribution in [1.82, 2.24) is 15.1 Å². The van der Waals surface area contributed by atoms with E-state index in [0.29, 0.717) is 18.8 Å². The van der Waals surface area contributed by atoms with E-state index >= 15 is 0 Å². The monoisotopic (exact) mass is 335 g/mol. The summed E-state index contributed by atoms with van der Waals surface area (Å²) in [6.45, 7) is 10.4. The van der Waals surface area contributed by atoms with Gasteiger partial charge < -0.3 is 4.90 Å². The molecular formula is C13H22ClN3O3S. The second-order valence-corrected chi connectivity index (χ2v) is 8.15. The highest BCUT2D eigenvalue weighted by Gasteiger charge is 2.31. The van der Waals surface area contributed by atoms with Gasteiger partial charge in [-0.05, 0) is 18.8 Å². The van der Waals surface area contributed by atoms with Crippen LogP contribution in [0.2, 0.25) is 0 Å². The van der Waals surface area contributed by atoms with Gasteiger partial charge in [-0.2, -0.15) is 5.10 Å². The zero-order chi connectivity index (χ0) is 16.4. The molecule has 6 nitrogen and oxygen atoms in total. The van der Waals surface area contributed by atoms with Crippen molar-refractivity contribution in [2.45, 2.75) is 45.4 Å². The third-order valence-electron chi connectivity index (χ3n) is 3.03. The van der Waals surface area contributed by atoms with Gasteiger partial charge in [0.05, 0.1) is 5.69 Å². The number of halogens is 1. The minimum absolute atomic E-state index is 0.129. The molecule has 0 bridgehead atoms. The van der Waals surface area contributed by atoms with Crippen molar-refractivity contribution in [2.75, 3.05) is 13.1 Å². The lowest BCUT2D eigenvalue weighted by atomic mass is 10.1. The number of carbonyl (C=O) groups excluding carboxylic acids is 1. The molecule has 1 heterocycles. The van der Waals surface area contributed by atoms with Crippen LogP contribution in [0.5, 0.6) is 0 Å². The molecule has 0 unspecified atom stereocenters. The Balaban J connectivity index is 3.34. The standard InChI is InChI=1S/C13H22ClN3O3S/c1-6-17(7-8(2)3)13(18)11-12(21(14,19)20)10(9(4)5)15-16-11/h8-9H,6-7H2,1-5H3,(H,15,16). The first-order chi connectivity index (χ1) is 9.59. The lowest BCUT2D eigenvalue weighted by Gasteiger charge is -2.22. The number of H-pyrrole nitrogens is 1. The molecule has 120 valence electrons. The molecule has 0 saturated carbocycles. The van der Waals surface area contributed by atoms with Crippen molar-refractivity contribution in [3.63, 3.8) is 0 Å². The predicted octanol–water partition coefficient (Wildman–Crippen LogP) is 2.58. The van der Waals surface area contributed by atoms with E-state index in [9.17, 15) is 13.2 Å². The largest absolute Gasteiger partial charge is 0.337 e. The average molecular weight is 336 g/mol. The molecule has 0 spiro atoms. The Kier molecular flexibility index (Phi) is 5.81. The topological polar surface area (TPSA) is 83.1 Å². The Hall–Kier alpha value is -1.08. The Bertz CT molecular complexity index is 608. The summed E-state index contributed by atoms with van der Waals surface area (Å²) in [6.07, 6.45) is 0. The Labute approximate surface area is 130 Å². The number of nitrogens with zero attached hydrogens (tertiary/aromatic N) is 2. The Morgan fingerprint density at radius 1 is 1.33 bits per heavy atom. The summed E-state index contributed by atoms with van der Waals surface area (Å²) in [6, 6.07) is 0. The van der Waals surface area contributed by atoms with Crippen LogP contribution >= 0.6 is 10.7 Å². The molecule has 1 amide bonds. The summed E-state index contributed by atoms with van der Waals surface area (Å²) in [7, 11) is 1.44. The molecule has 1 aromatic heterocycles. The van der Waals surface area contributed by atoms with Gasteiger partial charge in [-0.25, -0.2) is 8.42 Å². The molecule has 21 heavy (non-hydrogen) atoms. The highest BCUT2D eigenvalue weighted by atomic mass is 35.7. The van der Waals surface area contributed by atoms with Crippen molar-refractivity contribution in [3.05, 3.63) is 11.4 Å². The molecule has 0 aliphatic carbocycles. The van der Waals surface area contributed by atoms with Crippen LogP contribution in [0.3, 0.4) is 0 Å². The fraction of sp³-hybridized carbons (Fsp3) is 0.692. The van der Waals surface area contributed by atoms with Gasteiger partial charge in [0.25, 0.3) is 15.0 Å². The molecule has 0 aromatic carbocycles. The van der Waals surface area contributed by atoms with E-state index < -0.39 is 15.0 Å². The molecule has 1 aromatic rings. The normalized spacial score (nSPS) is 12.2. The van der Waals surface area contributed by atoms with Gasteiger partial charge in [0.15, 0.2) is 5.69 Å². The number of nitrogens with one attached hydrogen (secondary N) is 1. The highest BCUT2D eigenvalue weighted by Crippen LogP contribution is 2.28. The summed E-state index contributed by atoms with van der Waals surface area (Å²) in [5.74, 6) is -0.287. The first kappa shape index (κ1) is 18.0. The molecule has 0 aliphatic rings. The SMILES string of the molecule is CCN(CC(C)C)C(=O)c1n[nH]c(C(C)C)c1S(=O)(=O)Cl. The van der Waals surface area contributed by atoms with Crippen LogP contribution in [0, 0.1) is 5.92 Å². The second-order valence-electron chi connectivity index (χ2n) is 5.65. The summed E-state index contributed by atoms with van der Waals surface area (Å²) in [4.78, 5) is 13.9. The van der Waals surface area contributed by atoms with Gasteiger partial charge in [0.2, 0.25) is 0 Å². The van der Waals surface area contributed by atoms with Crippen LogP contribution in [-0.4, -0.2) is 42.5 Å². The van der Waals surface area contributed by atoms with Gasteiger partial charge in [-0.15, -0.1) is 0 Å². The number of amides is 1. The fourth-order valence-electron chi connectivity index (χ4n) is 2.07. The Morgan fingerprint density at radius 2 is 1.90 bits per heavy atom. The van der Waals surface area contributed by atoms with Crippen LogP contribution < -0.4 is 0 Å². The van der Waals surface area contributed by atoms with E-state index in [1.54, 1.807) is 18.7 Å². The van der Waals surface area contributed by atoms with E-state index in [2.05, 4.69) is 10.2 Å². The highest BCUT2D eigenvalue weighted by molar-refractivity contribution is 8.13. The molecule has 0 atom stereocenters. The van der Waals surface area contributed by atoms with E-state index in [4.69, 9.17) is 10.7 Å². The van der Waals surface area contributed by atoms with Crippen LogP contribution in [0.15, 0.2) is 4.90 Å². The van der Waals surface area contributed by atoms with E-state index in [1.807, 2.05) is 20.8 Å². The molecule has 0 radical (unpaired) electrons. The zero-order valence-electron chi connectivity index (χ0n) is 13.0. The van der Waals surface area contributed by atoms with Crippen molar-refractivity contribution < 1.29 is 13.2 Å². The van der Waals surface area contributed by atoms with Crippen molar-refractivity contribution >= 4 is 25.6 Å². The fourth-order valence-corrected chi connectivity index (χ4v) is 3.45. The second kappa shape index (κ2) is 6.79. The van der Waals surface area contributed by atoms with Crippen molar-refractivity contribution in [3.8, 4) is 0 Å².